The Hall–Kier alpha value is -5.29. The quantitative estimate of drug-likeness (QED) is 0.296. The standard InChI is InChI=1S/C32H29N3O7S/c1-39-21-11-5-18(6-12-21)17-24-30(37)35-28(33)26(32(38)42-4)25(19-7-13-22(40-2)14-8-19)27(31(35)43-24)29(36)34-20-9-15-23(41-3)16-10-20/h5-17,25H,33H2,1-4H3,(H,34,36)/b24-17+. The molecule has 1 amide bonds. The zero-order valence-electron chi connectivity index (χ0n) is 23.9. The fourth-order valence-corrected chi connectivity index (χ4v) is 6.01. The third-order valence-corrected chi connectivity index (χ3v) is 8.12. The number of anilines is 1. The lowest BCUT2D eigenvalue weighted by Gasteiger charge is -2.27. The van der Waals surface area contributed by atoms with Gasteiger partial charge in [-0.2, -0.15) is 0 Å². The monoisotopic (exact) mass is 599 g/mol. The van der Waals surface area contributed by atoms with Crippen LogP contribution in [-0.2, 0) is 14.3 Å². The number of aromatic nitrogens is 1. The van der Waals surface area contributed by atoms with Crippen LogP contribution in [0, 0.1) is 0 Å². The van der Waals surface area contributed by atoms with E-state index in [-0.39, 0.29) is 17.0 Å². The Morgan fingerprint density at radius 1 is 0.814 bits per heavy atom. The van der Waals surface area contributed by atoms with E-state index < -0.39 is 23.4 Å². The molecule has 43 heavy (non-hydrogen) atoms. The Kier molecular flexibility index (Phi) is 8.35. The van der Waals surface area contributed by atoms with E-state index in [1.807, 2.05) is 12.1 Å². The smallest absolute Gasteiger partial charge is 0.338 e. The third kappa shape index (κ3) is 5.62. The molecule has 10 nitrogen and oxygen atoms in total. The molecule has 11 heteroatoms. The minimum absolute atomic E-state index is 0.0315. The SMILES string of the molecule is COC(=O)C1=C(N)n2c(s/c(=C/c3ccc(OC)cc3)c2=O)=C(C(=O)Nc2ccc(OC)cc2)C1c1ccc(OC)cc1. The van der Waals surface area contributed by atoms with Crippen LogP contribution in [0.25, 0.3) is 17.5 Å². The minimum atomic E-state index is -0.955. The van der Waals surface area contributed by atoms with E-state index in [2.05, 4.69) is 5.32 Å². The van der Waals surface area contributed by atoms with Crippen LogP contribution >= 0.6 is 11.3 Å². The van der Waals surface area contributed by atoms with Crippen molar-refractivity contribution in [2.24, 2.45) is 5.73 Å². The predicted octanol–water partition coefficient (Wildman–Crippen LogP) is 2.65. The van der Waals surface area contributed by atoms with Gasteiger partial charge >= 0.3 is 5.97 Å². The van der Waals surface area contributed by atoms with Crippen LogP contribution in [0.2, 0.25) is 0 Å². The largest absolute Gasteiger partial charge is 0.497 e. The molecular formula is C32H29N3O7S. The Morgan fingerprint density at radius 3 is 1.88 bits per heavy atom. The molecule has 4 aromatic rings. The van der Waals surface area contributed by atoms with E-state index in [0.717, 1.165) is 16.9 Å². The van der Waals surface area contributed by atoms with Crippen LogP contribution < -0.4 is 40.0 Å². The average Bonchev–Trinajstić information content (AvgIpc) is 3.36. The van der Waals surface area contributed by atoms with Crippen molar-refractivity contribution in [1.82, 2.24) is 4.57 Å². The summed E-state index contributed by atoms with van der Waals surface area (Å²) in [5.74, 6) is -0.479. The second-order valence-electron chi connectivity index (χ2n) is 9.42. The number of benzene rings is 3. The molecule has 1 aliphatic rings. The number of carbonyl (C=O) groups is 2. The maximum absolute atomic E-state index is 14.2. The summed E-state index contributed by atoms with van der Waals surface area (Å²) in [5, 5.41) is 2.91. The number of esters is 1. The lowest BCUT2D eigenvalue weighted by Crippen LogP contribution is -2.42. The number of methoxy groups -OCH3 is 4. The number of fused-ring (bicyclic) bond motifs is 1. The molecule has 0 aliphatic carbocycles. The normalized spacial score (nSPS) is 14.7. The predicted molar refractivity (Wildman–Crippen MR) is 165 cm³/mol. The van der Waals surface area contributed by atoms with Crippen molar-refractivity contribution in [2.75, 3.05) is 33.8 Å². The number of hydrogen-bond acceptors (Lipinski definition) is 9. The van der Waals surface area contributed by atoms with Crippen LogP contribution in [0.15, 0.2) is 83.2 Å². The first-order valence-electron chi connectivity index (χ1n) is 13.1. The summed E-state index contributed by atoms with van der Waals surface area (Å²) >= 11 is 1.11. The average molecular weight is 600 g/mol. The molecule has 0 saturated carbocycles. The lowest BCUT2D eigenvalue weighted by molar-refractivity contribution is -0.136. The second-order valence-corrected chi connectivity index (χ2v) is 10.5. The summed E-state index contributed by atoms with van der Waals surface area (Å²) in [5.41, 5.74) is 8.04. The van der Waals surface area contributed by atoms with Crippen molar-refractivity contribution in [3.05, 3.63) is 109 Å². The van der Waals surface area contributed by atoms with E-state index in [1.54, 1.807) is 88.1 Å². The zero-order valence-corrected chi connectivity index (χ0v) is 24.7. The van der Waals surface area contributed by atoms with Crippen LogP contribution in [0.3, 0.4) is 0 Å². The topological polar surface area (TPSA) is 131 Å². The molecule has 0 fully saturated rings. The van der Waals surface area contributed by atoms with Gasteiger partial charge in [0.15, 0.2) is 0 Å². The minimum Gasteiger partial charge on any atom is -0.497 e. The molecule has 0 radical (unpaired) electrons. The first kappa shape index (κ1) is 29.2. The van der Waals surface area contributed by atoms with Gasteiger partial charge in [0.25, 0.3) is 11.5 Å². The molecule has 1 aromatic heterocycles. The van der Waals surface area contributed by atoms with E-state index in [9.17, 15) is 14.4 Å². The molecule has 220 valence electrons. The van der Waals surface area contributed by atoms with Crippen LogP contribution in [0.1, 0.15) is 17.0 Å². The van der Waals surface area contributed by atoms with Gasteiger partial charge in [-0.1, -0.05) is 24.3 Å². The van der Waals surface area contributed by atoms with Crippen LogP contribution in [-0.4, -0.2) is 44.9 Å². The summed E-state index contributed by atoms with van der Waals surface area (Å²) in [6.45, 7) is 0. The number of thiazole rings is 1. The van der Waals surface area contributed by atoms with Gasteiger partial charge in [0.05, 0.1) is 50.0 Å². The Bertz CT molecular complexity index is 1890. The highest BCUT2D eigenvalue weighted by molar-refractivity contribution is 7.07. The Morgan fingerprint density at radius 2 is 1.35 bits per heavy atom. The molecule has 1 unspecified atom stereocenters. The second kappa shape index (κ2) is 12.3. The number of rotatable bonds is 8. The van der Waals surface area contributed by atoms with Crippen molar-refractivity contribution in [2.45, 2.75) is 5.92 Å². The molecule has 5 rings (SSSR count). The number of carbonyl (C=O) groups excluding carboxylic acids is 2. The zero-order chi connectivity index (χ0) is 30.7. The molecule has 0 bridgehead atoms. The van der Waals surface area contributed by atoms with Crippen molar-refractivity contribution < 1.29 is 28.5 Å². The number of ether oxygens (including phenoxy) is 4. The van der Waals surface area contributed by atoms with E-state index in [1.165, 1.54) is 11.7 Å². The highest BCUT2D eigenvalue weighted by Gasteiger charge is 2.39. The number of nitrogens with two attached hydrogens (primary N) is 1. The molecule has 3 N–H and O–H groups in total. The molecule has 3 aromatic carbocycles. The molecule has 0 saturated heterocycles. The Balaban J connectivity index is 1.79. The highest BCUT2D eigenvalue weighted by atomic mass is 32.1. The summed E-state index contributed by atoms with van der Waals surface area (Å²) in [6.07, 6.45) is 1.70. The van der Waals surface area contributed by atoms with Crippen molar-refractivity contribution >= 4 is 46.4 Å². The molecule has 1 aliphatic heterocycles. The van der Waals surface area contributed by atoms with Crippen molar-refractivity contribution in [1.29, 1.82) is 0 Å². The van der Waals surface area contributed by atoms with Crippen LogP contribution in [0.4, 0.5) is 5.69 Å². The number of nitrogens with zero attached hydrogens (tertiary/aromatic N) is 1. The Labute approximate surface area is 250 Å². The fraction of sp³-hybridized carbons (Fsp3) is 0.156. The van der Waals surface area contributed by atoms with Gasteiger partial charge in [0.1, 0.15) is 27.7 Å². The maximum Gasteiger partial charge on any atom is 0.338 e. The highest BCUT2D eigenvalue weighted by Crippen LogP contribution is 2.38. The lowest BCUT2D eigenvalue weighted by atomic mass is 9.82. The van der Waals surface area contributed by atoms with Crippen molar-refractivity contribution in [3.63, 3.8) is 0 Å². The molecule has 2 heterocycles. The summed E-state index contributed by atoms with van der Waals surface area (Å²) in [6, 6.07) is 20.9. The van der Waals surface area contributed by atoms with Gasteiger partial charge in [0, 0.05) is 5.69 Å². The molecule has 0 spiro atoms. The molecular weight excluding hydrogens is 570 g/mol. The van der Waals surface area contributed by atoms with Gasteiger partial charge in [-0.05, 0) is 65.7 Å². The first-order valence-corrected chi connectivity index (χ1v) is 13.9. The third-order valence-electron chi connectivity index (χ3n) is 7.01. The van der Waals surface area contributed by atoms with E-state index >= 15 is 0 Å². The number of nitrogens with one attached hydrogen (secondary N) is 1. The van der Waals surface area contributed by atoms with E-state index in [0.29, 0.717) is 37.7 Å². The van der Waals surface area contributed by atoms with Gasteiger partial charge in [0.2, 0.25) is 0 Å². The van der Waals surface area contributed by atoms with Gasteiger partial charge in [-0.25, -0.2) is 4.79 Å². The van der Waals surface area contributed by atoms with E-state index in [4.69, 9.17) is 24.7 Å². The molecule has 1 atom stereocenters. The number of hydrogen-bond donors (Lipinski definition) is 2. The fourth-order valence-electron chi connectivity index (χ4n) is 4.83. The van der Waals surface area contributed by atoms with Gasteiger partial charge in [-0.3, -0.25) is 14.2 Å². The van der Waals surface area contributed by atoms with Crippen molar-refractivity contribution in [3.8, 4) is 17.2 Å². The summed E-state index contributed by atoms with van der Waals surface area (Å²) in [4.78, 5) is 41.2. The maximum atomic E-state index is 14.2. The summed E-state index contributed by atoms with van der Waals surface area (Å²) < 4.78 is 22.7. The van der Waals surface area contributed by atoms with Gasteiger partial charge < -0.3 is 30.0 Å². The number of amides is 1. The van der Waals surface area contributed by atoms with Gasteiger partial charge in [-0.15, -0.1) is 11.3 Å². The first-order chi connectivity index (χ1) is 20.8. The van der Waals surface area contributed by atoms with Crippen LogP contribution in [0.5, 0.6) is 17.2 Å². The summed E-state index contributed by atoms with van der Waals surface area (Å²) in [7, 11) is 5.88.